The molecule has 0 atom stereocenters. The summed E-state index contributed by atoms with van der Waals surface area (Å²) in [6, 6.07) is 57.3. The minimum absolute atomic E-state index is 0.172. The monoisotopic (exact) mass is 734 g/mol. The molecule has 0 bridgehead atoms. The SMILES string of the molecule is C#CCOC(/C=C\CC1(C2(Cc3c(OCC#C)ccc4ccccc34)c3ccccc3-c3ccccc32)c2ccccc2-c2ccccc21)=C/c1ccccc1C. The summed E-state index contributed by atoms with van der Waals surface area (Å²) >= 11 is 0. The molecule has 57 heavy (non-hydrogen) atoms. The summed E-state index contributed by atoms with van der Waals surface area (Å²) in [7, 11) is 0. The summed E-state index contributed by atoms with van der Waals surface area (Å²) in [5.74, 6) is 6.93. The summed E-state index contributed by atoms with van der Waals surface area (Å²) in [5.41, 5.74) is 12.4. The summed E-state index contributed by atoms with van der Waals surface area (Å²) in [6.07, 6.45) is 19.4. The van der Waals surface area contributed by atoms with E-state index >= 15 is 0 Å². The minimum Gasteiger partial charge on any atom is -0.481 e. The zero-order valence-electron chi connectivity index (χ0n) is 32.0. The molecule has 0 saturated heterocycles. The van der Waals surface area contributed by atoms with E-state index in [2.05, 4.69) is 195 Å². The molecule has 0 unspecified atom stereocenters. The Morgan fingerprint density at radius 3 is 1.70 bits per heavy atom. The van der Waals surface area contributed by atoms with Crippen molar-refractivity contribution in [3.05, 3.63) is 215 Å². The van der Waals surface area contributed by atoms with Crippen molar-refractivity contribution in [2.75, 3.05) is 13.2 Å². The maximum atomic E-state index is 6.49. The highest BCUT2D eigenvalue weighted by molar-refractivity contribution is 5.92. The number of aryl methyl sites for hydroxylation is 1. The van der Waals surface area contributed by atoms with E-state index in [0.717, 1.165) is 33.4 Å². The van der Waals surface area contributed by atoms with Crippen LogP contribution in [0.1, 0.15) is 45.4 Å². The van der Waals surface area contributed by atoms with Gasteiger partial charge in [-0.2, -0.15) is 0 Å². The molecule has 2 aliphatic rings. The van der Waals surface area contributed by atoms with Gasteiger partial charge in [-0.05, 0) is 104 Å². The molecule has 0 saturated carbocycles. The van der Waals surface area contributed by atoms with Crippen molar-refractivity contribution in [3.63, 3.8) is 0 Å². The molecule has 0 spiro atoms. The van der Waals surface area contributed by atoms with Gasteiger partial charge < -0.3 is 9.47 Å². The lowest BCUT2D eigenvalue weighted by Crippen LogP contribution is -2.50. The molecule has 0 radical (unpaired) electrons. The van der Waals surface area contributed by atoms with Crippen molar-refractivity contribution >= 4 is 16.8 Å². The van der Waals surface area contributed by atoms with Gasteiger partial charge >= 0.3 is 0 Å². The number of ether oxygens (including phenoxy) is 2. The fourth-order valence-corrected chi connectivity index (χ4v) is 9.84. The van der Waals surface area contributed by atoms with Crippen molar-refractivity contribution < 1.29 is 9.47 Å². The standard InChI is InChI=1S/C55H42O2/c1-4-35-56-42(37-41-21-7-6-19-39(41)3)22-18-34-54(49-28-14-10-24-44(49)45-25-11-15-29-50(45)54)55(51-30-16-12-26-46(51)47-27-13-17-31-52(47)55)38-48-43-23-9-8-20-40(43)32-33-53(48)57-36-5-2/h1-2,6-33,37H,34-36,38H2,3H3/b22-18-,42-37+. The van der Waals surface area contributed by atoms with Gasteiger partial charge in [-0.25, -0.2) is 0 Å². The second-order valence-corrected chi connectivity index (χ2v) is 14.9. The molecule has 0 amide bonds. The number of hydrogen-bond donors (Lipinski definition) is 0. The molecule has 0 aliphatic heterocycles. The smallest absolute Gasteiger partial charge is 0.148 e. The van der Waals surface area contributed by atoms with E-state index in [0.29, 0.717) is 12.8 Å². The molecular weight excluding hydrogens is 693 g/mol. The highest BCUT2D eigenvalue weighted by atomic mass is 16.5. The first kappa shape index (κ1) is 35.7. The minimum atomic E-state index is -0.620. The van der Waals surface area contributed by atoms with Crippen LogP contribution in [0.3, 0.4) is 0 Å². The molecule has 0 aromatic heterocycles. The van der Waals surface area contributed by atoms with Gasteiger partial charge in [0.2, 0.25) is 0 Å². The van der Waals surface area contributed by atoms with Gasteiger partial charge in [-0.1, -0.05) is 170 Å². The Bertz CT molecular complexity index is 2710. The molecule has 2 heteroatoms. The molecule has 0 fully saturated rings. The van der Waals surface area contributed by atoms with Crippen LogP contribution < -0.4 is 4.74 Å². The zero-order valence-corrected chi connectivity index (χ0v) is 32.0. The van der Waals surface area contributed by atoms with Crippen LogP contribution in [0.25, 0.3) is 39.1 Å². The maximum absolute atomic E-state index is 6.49. The quantitative estimate of drug-likeness (QED) is 0.0748. The van der Waals surface area contributed by atoms with Crippen molar-refractivity contribution in [2.24, 2.45) is 0 Å². The molecule has 2 nitrogen and oxygen atoms in total. The van der Waals surface area contributed by atoms with Crippen LogP contribution in [-0.4, -0.2) is 13.2 Å². The second kappa shape index (κ2) is 14.9. The van der Waals surface area contributed by atoms with Crippen molar-refractivity contribution in [1.82, 2.24) is 0 Å². The lowest BCUT2D eigenvalue weighted by molar-refractivity contribution is 0.270. The van der Waals surface area contributed by atoms with Gasteiger partial charge in [0, 0.05) is 16.4 Å². The molecule has 274 valence electrons. The van der Waals surface area contributed by atoms with Crippen LogP contribution >= 0.6 is 0 Å². The Labute approximate surface area is 336 Å². The van der Waals surface area contributed by atoms with Crippen LogP contribution in [0.2, 0.25) is 0 Å². The van der Waals surface area contributed by atoms with Crippen LogP contribution in [0, 0.1) is 31.6 Å². The van der Waals surface area contributed by atoms with Crippen LogP contribution in [0.15, 0.2) is 176 Å². The molecule has 7 aromatic rings. The second-order valence-electron chi connectivity index (χ2n) is 14.9. The van der Waals surface area contributed by atoms with Crippen LogP contribution in [-0.2, 0) is 22.0 Å². The summed E-state index contributed by atoms with van der Waals surface area (Å²) in [4.78, 5) is 0. The normalized spacial score (nSPS) is 14.3. The highest BCUT2D eigenvalue weighted by Gasteiger charge is 2.62. The van der Waals surface area contributed by atoms with Crippen molar-refractivity contribution in [3.8, 4) is 52.7 Å². The molecule has 2 aliphatic carbocycles. The van der Waals surface area contributed by atoms with E-state index in [-0.39, 0.29) is 13.2 Å². The van der Waals surface area contributed by atoms with Gasteiger partial charge in [-0.3, -0.25) is 0 Å². The fourth-order valence-electron chi connectivity index (χ4n) is 9.84. The summed E-state index contributed by atoms with van der Waals surface area (Å²) in [6.45, 7) is 2.47. The van der Waals surface area contributed by atoms with Gasteiger partial charge in [0.05, 0.1) is 0 Å². The average molecular weight is 735 g/mol. The van der Waals surface area contributed by atoms with E-state index < -0.39 is 10.8 Å². The Balaban J connectivity index is 1.37. The number of allylic oxidation sites excluding steroid dienone is 2. The van der Waals surface area contributed by atoms with Crippen LogP contribution in [0.4, 0.5) is 0 Å². The molecular formula is C55H42O2. The van der Waals surface area contributed by atoms with E-state index in [9.17, 15) is 0 Å². The Hall–Kier alpha value is -7.00. The fraction of sp³-hybridized carbons (Fsp3) is 0.127. The summed E-state index contributed by atoms with van der Waals surface area (Å²) in [5, 5.41) is 2.32. The van der Waals surface area contributed by atoms with Gasteiger partial charge in [-0.15, -0.1) is 12.8 Å². The summed E-state index contributed by atoms with van der Waals surface area (Å²) < 4.78 is 12.7. The third-order valence-corrected chi connectivity index (χ3v) is 12.1. The molecule has 0 N–H and O–H groups in total. The maximum Gasteiger partial charge on any atom is 0.148 e. The lowest BCUT2D eigenvalue weighted by Gasteiger charge is -2.50. The Kier molecular flexibility index (Phi) is 9.34. The zero-order chi connectivity index (χ0) is 38.8. The van der Waals surface area contributed by atoms with E-state index in [4.69, 9.17) is 22.3 Å². The molecule has 9 rings (SSSR count). The largest absolute Gasteiger partial charge is 0.481 e. The molecule has 7 aromatic carbocycles. The van der Waals surface area contributed by atoms with Gasteiger partial charge in [0.15, 0.2) is 0 Å². The van der Waals surface area contributed by atoms with Crippen molar-refractivity contribution in [1.29, 1.82) is 0 Å². The van der Waals surface area contributed by atoms with Gasteiger partial charge in [0.1, 0.15) is 24.7 Å². The lowest BCUT2D eigenvalue weighted by atomic mass is 9.51. The Morgan fingerprint density at radius 2 is 1.11 bits per heavy atom. The van der Waals surface area contributed by atoms with Crippen molar-refractivity contribution in [2.45, 2.75) is 30.6 Å². The number of fused-ring (bicyclic) bond motifs is 7. The average Bonchev–Trinajstić information content (AvgIpc) is 3.71. The van der Waals surface area contributed by atoms with E-state index in [1.54, 1.807) is 0 Å². The van der Waals surface area contributed by atoms with E-state index in [1.165, 1.54) is 50.1 Å². The third kappa shape index (κ3) is 5.77. The predicted molar refractivity (Wildman–Crippen MR) is 235 cm³/mol. The van der Waals surface area contributed by atoms with Gasteiger partial charge in [0.25, 0.3) is 0 Å². The van der Waals surface area contributed by atoms with E-state index in [1.807, 2.05) is 0 Å². The highest BCUT2D eigenvalue weighted by Crippen LogP contribution is 2.67. The number of benzene rings is 7. The molecule has 0 heterocycles. The number of rotatable bonds is 11. The first-order chi connectivity index (χ1) is 28.1. The predicted octanol–water partition coefficient (Wildman–Crippen LogP) is 12.3. The third-order valence-electron chi connectivity index (χ3n) is 12.1. The topological polar surface area (TPSA) is 18.5 Å². The first-order valence-electron chi connectivity index (χ1n) is 19.6. The number of terminal acetylenes is 2. The van der Waals surface area contributed by atoms with Crippen LogP contribution in [0.5, 0.6) is 5.75 Å². The Morgan fingerprint density at radius 1 is 0.579 bits per heavy atom. The first-order valence-corrected chi connectivity index (χ1v) is 19.6. The number of hydrogen-bond acceptors (Lipinski definition) is 2.